The minimum Gasteiger partial charge on any atom is -0.496 e. The molecule has 2 aromatic carbocycles. The second-order valence-electron chi connectivity index (χ2n) is 7.65. The maximum atomic E-state index is 12.8. The monoisotopic (exact) mass is 448 g/mol. The van der Waals surface area contributed by atoms with Gasteiger partial charge in [0.2, 0.25) is 10.0 Å². The number of nitrogens with one attached hydrogen (secondary N) is 1. The van der Waals surface area contributed by atoms with Crippen LogP contribution in [0.25, 0.3) is 0 Å². The summed E-state index contributed by atoms with van der Waals surface area (Å²) in [5.74, 6) is 0.726. The minimum atomic E-state index is -3.73. The molecule has 0 saturated carbocycles. The number of nitro groups is 1. The van der Waals surface area contributed by atoms with Crippen molar-refractivity contribution in [3.63, 3.8) is 0 Å². The number of rotatable bonds is 9. The van der Waals surface area contributed by atoms with E-state index in [1.807, 2.05) is 43.3 Å². The number of benzene rings is 2. The molecule has 0 radical (unpaired) electrons. The van der Waals surface area contributed by atoms with Crippen molar-refractivity contribution in [2.75, 3.05) is 46.2 Å². The molecular formula is C21H28N4O5S. The van der Waals surface area contributed by atoms with Crippen LogP contribution in [-0.4, -0.2) is 63.4 Å². The third-order valence-electron chi connectivity index (χ3n) is 5.48. The SMILES string of the molecule is COc1ccccc1[C@@H](CNc1ccc(S(=O)(=O)N2CCCC2)cc1[N+](=O)[O-])N(C)C. The van der Waals surface area contributed by atoms with E-state index < -0.39 is 14.9 Å². The van der Waals surface area contributed by atoms with Crippen molar-refractivity contribution in [1.29, 1.82) is 0 Å². The van der Waals surface area contributed by atoms with Crippen molar-refractivity contribution >= 4 is 21.4 Å². The Bertz CT molecular complexity index is 1040. The van der Waals surface area contributed by atoms with Crippen LogP contribution < -0.4 is 10.1 Å². The maximum absolute atomic E-state index is 12.8. The van der Waals surface area contributed by atoms with Gasteiger partial charge < -0.3 is 15.0 Å². The van der Waals surface area contributed by atoms with Gasteiger partial charge >= 0.3 is 0 Å². The lowest BCUT2D eigenvalue weighted by atomic mass is 10.0. The molecule has 0 unspecified atom stereocenters. The zero-order valence-electron chi connectivity index (χ0n) is 17.9. The van der Waals surface area contributed by atoms with E-state index in [2.05, 4.69) is 5.32 Å². The van der Waals surface area contributed by atoms with E-state index in [4.69, 9.17) is 4.74 Å². The van der Waals surface area contributed by atoms with Crippen molar-refractivity contribution in [3.05, 3.63) is 58.1 Å². The topological polar surface area (TPSA) is 105 Å². The van der Waals surface area contributed by atoms with Gasteiger partial charge in [-0.3, -0.25) is 10.1 Å². The molecule has 3 rings (SSSR count). The highest BCUT2D eigenvalue weighted by Crippen LogP contribution is 2.32. The first-order valence-corrected chi connectivity index (χ1v) is 11.5. The fourth-order valence-electron chi connectivity index (χ4n) is 3.77. The van der Waals surface area contributed by atoms with Crippen molar-refractivity contribution in [2.45, 2.75) is 23.8 Å². The molecule has 1 saturated heterocycles. The molecule has 1 heterocycles. The van der Waals surface area contributed by atoms with E-state index in [1.165, 1.54) is 16.4 Å². The number of hydrogen-bond donors (Lipinski definition) is 1. The molecule has 0 aliphatic carbocycles. The van der Waals surface area contributed by atoms with Gasteiger partial charge in [-0.25, -0.2) is 8.42 Å². The number of ether oxygens (including phenoxy) is 1. The highest BCUT2D eigenvalue weighted by molar-refractivity contribution is 7.89. The summed E-state index contributed by atoms with van der Waals surface area (Å²) >= 11 is 0. The fraction of sp³-hybridized carbons (Fsp3) is 0.429. The number of hydrogen-bond acceptors (Lipinski definition) is 7. The second-order valence-corrected chi connectivity index (χ2v) is 9.59. The third-order valence-corrected chi connectivity index (χ3v) is 7.37. The molecular weight excluding hydrogens is 420 g/mol. The van der Waals surface area contributed by atoms with Crippen LogP contribution in [0.5, 0.6) is 5.75 Å². The Hall–Kier alpha value is -2.69. The van der Waals surface area contributed by atoms with Crippen molar-refractivity contribution in [3.8, 4) is 5.75 Å². The van der Waals surface area contributed by atoms with Crippen LogP contribution in [0.2, 0.25) is 0 Å². The van der Waals surface area contributed by atoms with Crippen LogP contribution in [0.15, 0.2) is 47.4 Å². The van der Waals surface area contributed by atoms with Gasteiger partial charge in [0.25, 0.3) is 5.69 Å². The van der Waals surface area contributed by atoms with Gasteiger partial charge in [-0.05, 0) is 45.1 Å². The quantitative estimate of drug-likeness (QED) is 0.464. The van der Waals surface area contributed by atoms with Crippen molar-refractivity contribution < 1.29 is 18.1 Å². The first-order valence-electron chi connectivity index (χ1n) is 10.1. The number of anilines is 1. The van der Waals surface area contributed by atoms with Gasteiger partial charge in [0.1, 0.15) is 11.4 Å². The molecule has 1 aliphatic heterocycles. The standard InChI is InChI=1S/C21H28N4O5S/c1-23(2)20(17-8-4-5-9-21(17)30-3)15-22-18-11-10-16(14-19(18)25(26)27)31(28,29)24-12-6-7-13-24/h4-5,8-11,14,20,22H,6-7,12-13,15H2,1-3H3/t20-/m1/s1. The highest BCUT2D eigenvalue weighted by atomic mass is 32.2. The average Bonchev–Trinajstić information content (AvgIpc) is 3.29. The fourth-order valence-corrected chi connectivity index (χ4v) is 5.31. The Labute approximate surface area is 182 Å². The molecule has 1 N–H and O–H groups in total. The smallest absolute Gasteiger partial charge is 0.293 e. The Balaban J connectivity index is 1.87. The molecule has 0 amide bonds. The second kappa shape index (κ2) is 9.63. The summed E-state index contributed by atoms with van der Waals surface area (Å²) in [4.78, 5) is 13.1. The number of nitro benzene ring substituents is 1. The van der Waals surface area contributed by atoms with Crippen LogP contribution in [0.3, 0.4) is 0 Å². The van der Waals surface area contributed by atoms with Crippen LogP contribution >= 0.6 is 0 Å². The van der Waals surface area contributed by atoms with Crippen molar-refractivity contribution in [1.82, 2.24) is 9.21 Å². The lowest BCUT2D eigenvalue weighted by molar-refractivity contribution is -0.384. The predicted octanol–water partition coefficient (Wildman–Crippen LogP) is 3.10. The van der Waals surface area contributed by atoms with Gasteiger partial charge in [0.15, 0.2) is 0 Å². The third kappa shape index (κ3) is 4.97. The van der Waals surface area contributed by atoms with Gasteiger partial charge in [-0.1, -0.05) is 18.2 Å². The van der Waals surface area contributed by atoms with Gasteiger partial charge in [0, 0.05) is 31.3 Å². The molecule has 0 spiro atoms. The first kappa shape index (κ1) is 23.0. The van der Waals surface area contributed by atoms with E-state index in [1.54, 1.807) is 7.11 Å². The number of nitrogens with zero attached hydrogens (tertiary/aromatic N) is 3. The zero-order valence-corrected chi connectivity index (χ0v) is 18.8. The van der Waals surface area contributed by atoms with Crippen LogP contribution in [0, 0.1) is 10.1 Å². The molecule has 1 aliphatic rings. The lowest BCUT2D eigenvalue weighted by Crippen LogP contribution is -2.28. The summed E-state index contributed by atoms with van der Waals surface area (Å²) in [5.41, 5.74) is 0.948. The number of methoxy groups -OCH3 is 1. The molecule has 1 atom stereocenters. The Morgan fingerprint density at radius 3 is 2.48 bits per heavy atom. The van der Waals surface area contributed by atoms with E-state index in [-0.39, 0.29) is 22.3 Å². The lowest BCUT2D eigenvalue weighted by Gasteiger charge is -2.27. The Morgan fingerprint density at radius 2 is 1.87 bits per heavy atom. The van der Waals surface area contributed by atoms with Crippen molar-refractivity contribution in [2.24, 2.45) is 0 Å². The predicted molar refractivity (Wildman–Crippen MR) is 119 cm³/mol. The molecule has 2 aromatic rings. The number of sulfonamides is 1. The summed E-state index contributed by atoms with van der Waals surface area (Å²) in [6.45, 7) is 1.26. The molecule has 0 aromatic heterocycles. The molecule has 168 valence electrons. The van der Waals surface area contributed by atoms with E-state index in [0.717, 1.165) is 30.2 Å². The first-order chi connectivity index (χ1) is 14.8. The number of para-hydroxylation sites is 1. The normalized spacial score (nSPS) is 15.7. The van der Waals surface area contributed by atoms with Gasteiger partial charge in [-0.2, -0.15) is 4.31 Å². The summed E-state index contributed by atoms with van der Waals surface area (Å²) in [5, 5.41) is 14.8. The Kier molecular flexibility index (Phi) is 7.14. The van der Waals surface area contributed by atoms with Crippen LogP contribution in [0.1, 0.15) is 24.4 Å². The maximum Gasteiger partial charge on any atom is 0.293 e. The zero-order chi connectivity index (χ0) is 22.6. The summed E-state index contributed by atoms with van der Waals surface area (Å²) in [7, 11) is 1.70. The summed E-state index contributed by atoms with van der Waals surface area (Å²) in [6, 6.07) is 11.5. The van der Waals surface area contributed by atoms with Gasteiger partial charge in [-0.15, -0.1) is 0 Å². The molecule has 10 heteroatoms. The molecule has 9 nitrogen and oxygen atoms in total. The van der Waals surface area contributed by atoms with Gasteiger partial charge in [0.05, 0.1) is 23.0 Å². The minimum absolute atomic E-state index is 0.0551. The Morgan fingerprint density at radius 1 is 1.19 bits per heavy atom. The van der Waals surface area contributed by atoms with E-state index >= 15 is 0 Å². The van der Waals surface area contributed by atoms with Crippen LogP contribution in [-0.2, 0) is 10.0 Å². The molecule has 1 fully saturated rings. The van der Waals surface area contributed by atoms with E-state index in [9.17, 15) is 18.5 Å². The van der Waals surface area contributed by atoms with E-state index in [0.29, 0.717) is 19.6 Å². The average molecular weight is 449 g/mol. The summed E-state index contributed by atoms with van der Waals surface area (Å²) in [6.07, 6.45) is 1.60. The largest absolute Gasteiger partial charge is 0.496 e. The summed E-state index contributed by atoms with van der Waals surface area (Å²) < 4.78 is 32.4. The molecule has 0 bridgehead atoms. The van der Waals surface area contributed by atoms with Crippen LogP contribution in [0.4, 0.5) is 11.4 Å². The number of likely N-dealkylation sites (N-methyl/N-ethyl adjacent to an activating group) is 1. The highest BCUT2D eigenvalue weighted by Gasteiger charge is 2.29. The molecule has 31 heavy (non-hydrogen) atoms.